The topological polar surface area (TPSA) is 53.4 Å². The number of aryl methyl sites for hydroxylation is 1. The van der Waals surface area contributed by atoms with E-state index in [1.165, 1.54) is 24.3 Å². The van der Waals surface area contributed by atoms with Crippen molar-refractivity contribution in [2.75, 3.05) is 37.7 Å². The molecule has 140 valence electrons. The van der Waals surface area contributed by atoms with Crippen molar-refractivity contribution in [1.82, 2.24) is 24.7 Å². The van der Waals surface area contributed by atoms with Gasteiger partial charge in [-0.3, -0.25) is 4.90 Å². The highest BCUT2D eigenvalue weighted by Gasteiger charge is 2.27. The lowest BCUT2D eigenvalue weighted by Crippen LogP contribution is -2.54. The van der Waals surface area contributed by atoms with Gasteiger partial charge in [0.15, 0.2) is 0 Å². The van der Waals surface area contributed by atoms with Crippen LogP contribution in [-0.2, 0) is 13.6 Å². The van der Waals surface area contributed by atoms with E-state index < -0.39 is 0 Å². The minimum Gasteiger partial charge on any atom is -0.331 e. The number of carbonyl (C=O) groups is 1. The summed E-state index contributed by atoms with van der Waals surface area (Å²) in [6, 6.07) is 8.80. The molecule has 0 bridgehead atoms. The van der Waals surface area contributed by atoms with E-state index >= 15 is 0 Å². The lowest BCUT2D eigenvalue weighted by molar-refractivity contribution is 0.104. The van der Waals surface area contributed by atoms with E-state index in [2.05, 4.69) is 37.6 Å². The molecule has 0 unspecified atom stereocenters. The van der Waals surface area contributed by atoms with Gasteiger partial charge in [0.05, 0.1) is 17.6 Å². The fourth-order valence-corrected chi connectivity index (χ4v) is 5.04. The van der Waals surface area contributed by atoms with Gasteiger partial charge in [-0.25, -0.2) is 9.78 Å². The van der Waals surface area contributed by atoms with Gasteiger partial charge in [-0.2, -0.15) is 11.8 Å². The molecule has 1 aromatic heterocycles. The Labute approximate surface area is 158 Å². The SMILES string of the molecule is Cn1c(CNC(=O)N2CCN(C3CCSCC3)CC2)nc2ccccc21. The second-order valence-electron chi connectivity index (χ2n) is 7.10. The van der Waals surface area contributed by atoms with Crippen LogP contribution in [0.15, 0.2) is 24.3 Å². The van der Waals surface area contributed by atoms with Crippen LogP contribution in [0.1, 0.15) is 18.7 Å². The van der Waals surface area contributed by atoms with Crippen LogP contribution in [0.5, 0.6) is 0 Å². The third-order valence-electron chi connectivity index (χ3n) is 5.59. The van der Waals surface area contributed by atoms with Crippen molar-refractivity contribution in [2.45, 2.75) is 25.4 Å². The summed E-state index contributed by atoms with van der Waals surface area (Å²) >= 11 is 2.07. The third-order valence-corrected chi connectivity index (χ3v) is 6.63. The molecule has 2 aliphatic heterocycles. The number of para-hydroxylation sites is 2. The summed E-state index contributed by atoms with van der Waals surface area (Å²) in [6.07, 6.45) is 2.59. The molecular weight excluding hydrogens is 346 g/mol. The molecule has 3 heterocycles. The van der Waals surface area contributed by atoms with Crippen molar-refractivity contribution in [3.05, 3.63) is 30.1 Å². The lowest BCUT2D eigenvalue weighted by atomic mass is 10.1. The molecule has 0 radical (unpaired) electrons. The monoisotopic (exact) mass is 373 g/mol. The largest absolute Gasteiger partial charge is 0.331 e. The lowest BCUT2D eigenvalue weighted by Gasteiger charge is -2.40. The molecule has 2 aromatic rings. The van der Waals surface area contributed by atoms with E-state index in [0.29, 0.717) is 6.54 Å². The standard InChI is InChI=1S/C19H27N5OS/c1-22-17-5-3-2-4-16(17)21-18(22)14-20-19(25)24-10-8-23(9-11-24)15-6-12-26-13-7-15/h2-5,15H,6-14H2,1H3,(H,20,25). The number of nitrogens with one attached hydrogen (secondary N) is 1. The van der Waals surface area contributed by atoms with Gasteiger partial charge in [-0.1, -0.05) is 12.1 Å². The van der Waals surface area contributed by atoms with Crippen molar-refractivity contribution in [3.8, 4) is 0 Å². The Bertz CT molecular complexity index is 762. The number of piperazine rings is 1. The first-order chi connectivity index (χ1) is 12.7. The van der Waals surface area contributed by atoms with Crippen LogP contribution in [0.3, 0.4) is 0 Å². The molecule has 2 saturated heterocycles. The van der Waals surface area contributed by atoms with E-state index in [4.69, 9.17) is 0 Å². The minimum absolute atomic E-state index is 0.0240. The summed E-state index contributed by atoms with van der Waals surface area (Å²) in [5.74, 6) is 3.45. The molecule has 1 N–H and O–H groups in total. The number of aromatic nitrogens is 2. The molecule has 2 amide bonds. The molecule has 1 aromatic carbocycles. The highest BCUT2D eigenvalue weighted by atomic mass is 32.2. The molecule has 0 saturated carbocycles. The van der Waals surface area contributed by atoms with Gasteiger partial charge in [-0.05, 0) is 36.5 Å². The number of fused-ring (bicyclic) bond motifs is 1. The molecular formula is C19H27N5OS. The quantitative estimate of drug-likeness (QED) is 0.897. The van der Waals surface area contributed by atoms with Gasteiger partial charge in [0.2, 0.25) is 0 Å². The molecule has 2 aliphatic rings. The third kappa shape index (κ3) is 3.69. The summed E-state index contributed by atoms with van der Waals surface area (Å²) in [4.78, 5) is 21.7. The first-order valence-electron chi connectivity index (χ1n) is 9.47. The number of hydrogen-bond acceptors (Lipinski definition) is 4. The zero-order valence-electron chi connectivity index (χ0n) is 15.4. The molecule has 0 aliphatic carbocycles. The van der Waals surface area contributed by atoms with Gasteiger partial charge in [0.25, 0.3) is 0 Å². The van der Waals surface area contributed by atoms with Crippen LogP contribution in [0.2, 0.25) is 0 Å². The van der Waals surface area contributed by atoms with Crippen LogP contribution >= 0.6 is 11.8 Å². The fourth-order valence-electron chi connectivity index (χ4n) is 3.96. The van der Waals surface area contributed by atoms with Crippen molar-refractivity contribution in [2.24, 2.45) is 7.05 Å². The summed E-state index contributed by atoms with van der Waals surface area (Å²) in [6.45, 7) is 4.09. The molecule has 4 rings (SSSR count). The first kappa shape index (κ1) is 17.7. The number of hydrogen-bond donors (Lipinski definition) is 1. The van der Waals surface area contributed by atoms with Crippen molar-refractivity contribution < 1.29 is 4.79 Å². The van der Waals surface area contributed by atoms with E-state index in [1.54, 1.807) is 0 Å². The number of benzene rings is 1. The molecule has 6 nitrogen and oxygen atoms in total. The van der Waals surface area contributed by atoms with Crippen LogP contribution in [0, 0.1) is 0 Å². The van der Waals surface area contributed by atoms with Gasteiger partial charge >= 0.3 is 6.03 Å². The van der Waals surface area contributed by atoms with Crippen LogP contribution in [0.25, 0.3) is 11.0 Å². The first-order valence-corrected chi connectivity index (χ1v) is 10.6. The number of amides is 2. The number of nitrogens with zero attached hydrogens (tertiary/aromatic N) is 4. The smallest absolute Gasteiger partial charge is 0.317 e. The van der Waals surface area contributed by atoms with E-state index in [1.807, 2.05) is 30.1 Å². The Morgan fingerprint density at radius 2 is 1.92 bits per heavy atom. The average molecular weight is 374 g/mol. The number of rotatable bonds is 3. The van der Waals surface area contributed by atoms with Crippen LogP contribution in [-0.4, -0.2) is 69.1 Å². The summed E-state index contributed by atoms with van der Waals surface area (Å²) in [5.41, 5.74) is 2.06. The predicted molar refractivity (Wildman–Crippen MR) is 106 cm³/mol. The zero-order chi connectivity index (χ0) is 17.9. The number of thioether (sulfide) groups is 1. The maximum atomic E-state index is 12.5. The van der Waals surface area contributed by atoms with Crippen molar-refractivity contribution in [3.63, 3.8) is 0 Å². The molecule has 0 spiro atoms. The van der Waals surface area contributed by atoms with Crippen molar-refractivity contribution >= 4 is 28.8 Å². The van der Waals surface area contributed by atoms with Gasteiger partial charge in [0.1, 0.15) is 5.82 Å². The summed E-state index contributed by atoms with van der Waals surface area (Å²) < 4.78 is 2.05. The highest BCUT2D eigenvalue weighted by molar-refractivity contribution is 7.99. The van der Waals surface area contributed by atoms with E-state index in [-0.39, 0.29) is 6.03 Å². The Hall–Kier alpha value is -1.73. The Morgan fingerprint density at radius 1 is 1.19 bits per heavy atom. The zero-order valence-corrected chi connectivity index (χ0v) is 16.2. The van der Waals surface area contributed by atoms with Crippen molar-refractivity contribution in [1.29, 1.82) is 0 Å². The summed E-state index contributed by atoms with van der Waals surface area (Å²) in [5, 5.41) is 3.05. The Kier molecular flexibility index (Phi) is 5.36. The maximum Gasteiger partial charge on any atom is 0.317 e. The Morgan fingerprint density at radius 3 is 2.65 bits per heavy atom. The number of carbonyl (C=O) groups excluding carboxylic acids is 1. The molecule has 0 atom stereocenters. The number of urea groups is 1. The summed E-state index contributed by atoms with van der Waals surface area (Å²) in [7, 11) is 2.00. The molecule has 7 heteroatoms. The Balaban J connectivity index is 1.29. The van der Waals surface area contributed by atoms with Crippen LogP contribution in [0.4, 0.5) is 4.79 Å². The normalized spacial score (nSPS) is 19.8. The van der Waals surface area contributed by atoms with E-state index in [0.717, 1.165) is 49.1 Å². The maximum absolute atomic E-state index is 12.5. The highest BCUT2D eigenvalue weighted by Crippen LogP contribution is 2.22. The fraction of sp³-hybridized carbons (Fsp3) is 0.579. The molecule has 26 heavy (non-hydrogen) atoms. The minimum atomic E-state index is 0.0240. The van der Waals surface area contributed by atoms with Crippen LogP contribution < -0.4 is 5.32 Å². The van der Waals surface area contributed by atoms with Gasteiger partial charge in [-0.15, -0.1) is 0 Å². The molecule has 2 fully saturated rings. The van der Waals surface area contributed by atoms with Gasteiger partial charge < -0.3 is 14.8 Å². The van der Waals surface area contributed by atoms with Gasteiger partial charge in [0, 0.05) is 39.3 Å². The average Bonchev–Trinajstić information content (AvgIpc) is 3.03. The second-order valence-corrected chi connectivity index (χ2v) is 8.33. The number of imidazole rings is 1. The predicted octanol–water partition coefficient (Wildman–Crippen LogP) is 2.30. The van der Waals surface area contributed by atoms with E-state index in [9.17, 15) is 4.79 Å². The second kappa shape index (κ2) is 7.88.